The van der Waals surface area contributed by atoms with Gasteiger partial charge >= 0.3 is 25.5 Å². The van der Waals surface area contributed by atoms with E-state index in [1.165, 1.54) is 0 Å². The maximum Gasteiger partial charge on any atom is 0.399 e. The Labute approximate surface area is 214 Å². The first-order chi connectivity index (χ1) is 14.7. The second-order valence-corrected chi connectivity index (χ2v) is 11.9. The number of alkyl halides is 9. The monoisotopic (exact) mass is 701 g/mol. The summed E-state index contributed by atoms with van der Waals surface area (Å²) in [5.41, 5.74) is 0. The van der Waals surface area contributed by atoms with E-state index in [1.54, 1.807) is 0 Å². The molecule has 0 fully saturated rings. The second-order valence-electron chi connectivity index (χ2n) is 8.15. The molecule has 1 aromatic carbocycles. The molecule has 0 saturated heterocycles. The molecule has 3 nitrogen and oxygen atoms in total. The van der Waals surface area contributed by atoms with E-state index in [9.17, 15) is 39.5 Å². The summed E-state index contributed by atoms with van der Waals surface area (Å²) in [5.74, 6) is -17.9. The van der Waals surface area contributed by atoms with Crippen LogP contribution in [-0.4, -0.2) is 60.6 Å². The third-order valence-electron chi connectivity index (χ3n) is 3.47. The third kappa shape index (κ3) is 14.3. The predicted molar refractivity (Wildman–Crippen MR) is 111 cm³/mol. The smallest absolute Gasteiger partial charge is 0.396 e. The van der Waals surface area contributed by atoms with Crippen LogP contribution in [-0.2, 0) is 25.8 Å². The summed E-state index contributed by atoms with van der Waals surface area (Å²) in [7, 11) is -7.72. The van der Waals surface area contributed by atoms with Crippen LogP contribution < -0.4 is 5.19 Å². The van der Waals surface area contributed by atoms with Gasteiger partial charge in [0.2, 0.25) is 0 Å². The van der Waals surface area contributed by atoms with Crippen LogP contribution in [0.1, 0.15) is 41.5 Å². The van der Waals surface area contributed by atoms with Gasteiger partial charge in [-0.15, -0.1) is 5.19 Å². The van der Waals surface area contributed by atoms with Crippen molar-refractivity contribution in [2.45, 2.75) is 58.9 Å². The van der Waals surface area contributed by atoms with E-state index in [4.69, 9.17) is 15.3 Å². The van der Waals surface area contributed by atoms with Crippen LogP contribution in [0.25, 0.3) is 0 Å². The molecule has 0 atom stereocenters. The molecular weight excluding hydrogens is 666 g/mol. The SMILES string of the molecule is CC(C)CO.CC(C)CO.CC(C)CO.FC(F)(F)[Si]([c-]1cccc1)(C(F)(F)F)C(F)(F)F.[Hf]. The third-order valence-corrected chi connectivity index (χ3v) is 7.22. The molecule has 0 amide bonds. The minimum atomic E-state index is -7.72. The van der Waals surface area contributed by atoms with Crippen molar-refractivity contribution in [1.82, 2.24) is 0 Å². The Kier molecular flexibility index (Phi) is 21.6. The van der Waals surface area contributed by atoms with Gasteiger partial charge in [0.1, 0.15) is 0 Å². The first-order valence-corrected chi connectivity index (χ1v) is 11.9. The molecular formula is C20H34F9HfO3Si-. The number of hydrogen-bond acceptors (Lipinski definition) is 3. The van der Waals surface area contributed by atoms with E-state index in [0.717, 1.165) is 0 Å². The number of hydrogen-bond donors (Lipinski definition) is 3. The normalized spacial score (nSPS) is 12.1. The Hall–Kier alpha value is -0.313. The summed E-state index contributed by atoms with van der Waals surface area (Å²) < 4.78 is 113. The van der Waals surface area contributed by atoms with Gasteiger partial charge in [-0.1, -0.05) is 41.5 Å². The van der Waals surface area contributed by atoms with Crippen LogP contribution in [0.5, 0.6) is 0 Å². The summed E-state index contributed by atoms with van der Waals surface area (Å²) in [6, 6.07) is 1.84. The zero-order valence-electron chi connectivity index (χ0n) is 19.9. The first-order valence-electron chi connectivity index (χ1n) is 9.92. The van der Waals surface area contributed by atoms with Crippen molar-refractivity contribution in [1.29, 1.82) is 0 Å². The summed E-state index contributed by atoms with van der Waals surface area (Å²) in [6.45, 7) is 12.7. The van der Waals surface area contributed by atoms with E-state index < -0.39 is 30.7 Å². The molecule has 1 aromatic rings. The maximum atomic E-state index is 12.6. The summed E-state index contributed by atoms with van der Waals surface area (Å²) in [4.78, 5) is 0. The molecule has 0 saturated carbocycles. The van der Waals surface area contributed by atoms with Crippen LogP contribution in [0.2, 0.25) is 0 Å². The topological polar surface area (TPSA) is 60.7 Å². The molecule has 0 heterocycles. The van der Waals surface area contributed by atoms with Gasteiger partial charge in [0.05, 0.1) is 0 Å². The van der Waals surface area contributed by atoms with Gasteiger partial charge in [-0.3, -0.25) is 0 Å². The van der Waals surface area contributed by atoms with Gasteiger partial charge < -0.3 is 15.3 Å². The molecule has 34 heavy (non-hydrogen) atoms. The number of aliphatic hydroxyl groups is 3. The molecule has 3 N–H and O–H groups in total. The molecule has 0 unspecified atom stereocenters. The Morgan fingerprint density at radius 1 is 0.588 bits per heavy atom. The van der Waals surface area contributed by atoms with Crippen LogP contribution in [0, 0.1) is 17.8 Å². The van der Waals surface area contributed by atoms with E-state index in [0.29, 0.717) is 49.7 Å². The van der Waals surface area contributed by atoms with Crippen molar-refractivity contribution >= 4 is 13.3 Å². The zero-order valence-corrected chi connectivity index (χ0v) is 24.5. The van der Waals surface area contributed by atoms with Crippen molar-refractivity contribution in [3.63, 3.8) is 0 Å². The quantitative estimate of drug-likeness (QED) is 0.228. The number of aliphatic hydroxyl groups excluding tert-OH is 3. The fourth-order valence-corrected chi connectivity index (χ4v) is 4.24. The Bertz CT molecular complexity index is 531. The average molecular weight is 700 g/mol. The van der Waals surface area contributed by atoms with Crippen LogP contribution in [0.4, 0.5) is 39.5 Å². The van der Waals surface area contributed by atoms with E-state index in [2.05, 4.69) is 0 Å². The maximum absolute atomic E-state index is 12.6. The average Bonchev–Trinajstić information content (AvgIpc) is 3.13. The van der Waals surface area contributed by atoms with E-state index in [1.807, 2.05) is 41.5 Å². The summed E-state index contributed by atoms with van der Waals surface area (Å²) >= 11 is 0. The van der Waals surface area contributed by atoms with Gasteiger partial charge in [-0.25, -0.2) is 12.1 Å². The predicted octanol–water partition coefficient (Wildman–Crippen LogP) is 5.27. The first kappa shape index (κ1) is 40.8. The van der Waals surface area contributed by atoms with Gasteiger partial charge in [0.15, 0.2) is 0 Å². The van der Waals surface area contributed by atoms with Gasteiger partial charge in [-0.2, -0.15) is 51.6 Å². The minimum Gasteiger partial charge on any atom is -0.396 e. The van der Waals surface area contributed by atoms with Crippen molar-refractivity contribution in [3.05, 3.63) is 24.3 Å². The fourth-order valence-electron chi connectivity index (χ4n) is 1.60. The minimum absolute atomic E-state index is 0. The van der Waals surface area contributed by atoms with Crippen molar-refractivity contribution in [3.8, 4) is 0 Å². The molecule has 0 aliphatic carbocycles. The van der Waals surface area contributed by atoms with E-state index >= 15 is 0 Å². The van der Waals surface area contributed by atoms with Crippen molar-refractivity contribution in [2.75, 3.05) is 19.8 Å². The Morgan fingerprint density at radius 2 is 0.765 bits per heavy atom. The molecule has 0 bridgehead atoms. The van der Waals surface area contributed by atoms with Crippen LogP contribution in [0.15, 0.2) is 24.3 Å². The molecule has 0 spiro atoms. The number of rotatable bonds is 4. The number of halogens is 9. The Balaban J connectivity index is -0.000000231. The van der Waals surface area contributed by atoms with Crippen molar-refractivity contribution < 1.29 is 80.7 Å². The second kappa shape index (κ2) is 18.0. The largest absolute Gasteiger partial charge is 0.399 e. The zero-order chi connectivity index (χ0) is 27.3. The van der Waals surface area contributed by atoms with Gasteiger partial charge in [-0.05, 0) is 17.8 Å². The van der Waals surface area contributed by atoms with Crippen molar-refractivity contribution in [2.24, 2.45) is 17.8 Å². The molecule has 14 heteroatoms. The standard InChI is InChI=1S/C8H4F9Si.3C4H10O.Hf/c9-6(10,11)18(7(12,13)14,8(15,16)17)5-3-1-2-4-5;3*1-4(2)3-5;/h1-4H;3*4-5H,3H2,1-2H3;/q-1;;;;. The van der Waals surface area contributed by atoms with Gasteiger partial charge in [0, 0.05) is 45.7 Å². The van der Waals surface area contributed by atoms with E-state index in [-0.39, 0.29) is 38.0 Å². The molecule has 204 valence electrons. The van der Waals surface area contributed by atoms with Crippen LogP contribution >= 0.6 is 0 Å². The van der Waals surface area contributed by atoms with Gasteiger partial charge in [0.25, 0.3) is 0 Å². The van der Waals surface area contributed by atoms with Crippen LogP contribution in [0.3, 0.4) is 0 Å². The molecule has 0 radical (unpaired) electrons. The molecule has 0 aliphatic rings. The molecule has 0 aliphatic heterocycles. The summed E-state index contributed by atoms with van der Waals surface area (Å²) in [5, 5.41) is 22.7. The molecule has 0 aromatic heterocycles. The summed E-state index contributed by atoms with van der Waals surface area (Å²) in [6.07, 6.45) is 0. The Morgan fingerprint density at radius 3 is 0.882 bits per heavy atom. The fraction of sp³-hybridized carbons (Fsp3) is 0.750. The molecule has 1 rings (SSSR count).